The maximum Gasteiger partial charge on any atom is 0.308 e. The van der Waals surface area contributed by atoms with E-state index >= 15 is 0 Å². The van der Waals surface area contributed by atoms with Gasteiger partial charge in [0.15, 0.2) is 0 Å². The Balaban J connectivity index is 1.39. The largest absolute Gasteiger partial charge is 0.508 e. The topological polar surface area (TPSA) is 118 Å². The summed E-state index contributed by atoms with van der Waals surface area (Å²) in [5.41, 5.74) is 2.45. The van der Waals surface area contributed by atoms with E-state index in [1.165, 1.54) is 15.5 Å². The third-order valence-corrected chi connectivity index (χ3v) is 9.89. The molecule has 2 N–H and O–H groups in total. The minimum atomic E-state index is -0.842. The fraction of sp³-hybridized carbons (Fsp3) is 0.200. The number of nitrogens with one attached hydrogen (secondary N) is 1. The lowest BCUT2D eigenvalue weighted by Crippen LogP contribution is -2.33. The standard InChI is InChI=1S/C30H25N3O6S2/c1-16-7-11-18(12-8-16)33-27(36)24-23(20-5-3-4-6-21(20)34)26-29(40-25(24)28(33)37)32(30(38)41-26)15-22(35)31-17-9-13-19(39-2)14-10-17/h3-14,23-25,34H,15H2,1-2H3,(H,31,35)/t23-,24+,25-/m0/s1. The van der Waals surface area contributed by atoms with Crippen LogP contribution in [0.1, 0.15) is 21.9 Å². The van der Waals surface area contributed by atoms with Crippen molar-refractivity contribution in [3.63, 3.8) is 0 Å². The number of thioether (sulfide) groups is 1. The van der Waals surface area contributed by atoms with Crippen LogP contribution in [0.25, 0.3) is 0 Å². The quantitative estimate of drug-likeness (QED) is 0.322. The molecule has 2 aliphatic heterocycles. The van der Waals surface area contributed by atoms with Crippen LogP contribution in [0.5, 0.6) is 11.5 Å². The molecule has 3 atom stereocenters. The Labute approximate surface area is 243 Å². The zero-order valence-corrected chi connectivity index (χ0v) is 23.7. The molecular formula is C30H25N3O6S2. The Morgan fingerprint density at radius 2 is 1.68 bits per heavy atom. The second-order valence-electron chi connectivity index (χ2n) is 9.85. The van der Waals surface area contributed by atoms with Crippen molar-refractivity contribution >= 4 is 52.2 Å². The molecule has 3 heterocycles. The van der Waals surface area contributed by atoms with Gasteiger partial charge in [0.05, 0.1) is 23.7 Å². The van der Waals surface area contributed by atoms with Gasteiger partial charge in [0, 0.05) is 22.0 Å². The number of thiazole rings is 1. The zero-order chi connectivity index (χ0) is 28.8. The second-order valence-corrected chi connectivity index (χ2v) is 12.0. The molecule has 0 aliphatic carbocycles. The Kier molecular flexibility index (Phi) is 6.92. The van der Waals surface area contributed by atoms with Crippen molar-refractivity contribution in [2.45, 2.75) is 29.7 Å². The van der Waals surface area contributed by atoms with E-state index in [2.05, 4.69) is 5.32 Å². The van der Waals surface area contributed by atoms with Crippen molar-refractivity contribution in [1.82, 2.24) is 4.57 Å². The summed E-state index contributed by atoms with van der Waals surface area (Å²) in [5.74, 6) is -2.18. The van der Waals surface area contributed by atoms with Crippen molar-refractivity contribution < 1.29 is 24.2 Å². The molecule has 208 valence electrons. The Bertz CT molecular complexity index is 1730. The minimum Gasteiger partial charge on any atom is -0.508 e. The van der Waals surface area contributed by atoms with E-state index in [9.17, 15) is 24.3 Å². The highest BCUT2D eigenvalue weighted by atomic mass is 32.2. The zero-order valence-electron chi connectivity index (χ0n) is 22.1. The van der Waals surface area contributed by atoms with Crippen molar-refractivity contribution in [1.29, 1.82) is 0 Å². The molecule has 3 aromatic carbocycles. The molecule has 0 bridgehead atoms. The summed E-state index contributed by atoms with van der Waals surface area (Å²) in [4.78, 5) is 55.3. The van der Waals surface area contributed by atoms with Gasteiger partial charge in [-0.3, -0.25) is 23.7 Å². The second kappa shape index (κ2) is 10.6. The number of anilines is 2. The number of amides is 3. The molecule has 2 aliphatic rings. The highest BCUT2D eigenvalue weighted by Gasteiger charge is 2.57. The number of ether oxygens (including phenoxy) is 1. The Hall–Kier alpha value is -4.35. The van der Waals surface area contributed by atoms with Crippen LogP contribution in [0.15, 0.2) is 82.6 Å². The summed E-state index contributed by atoms with van der Waals surface area (Å²) >= 11 is 2.06. The predicted molar refractivity (Wildman–Crippen MR) is 157 cm³/mol. The van der Waals surface area contributed by atoms with E-state index in [0.717, 1.165) is 28.7 Å². The van der Waals surface area contributed by atoms with Gasteiger partial charge in [-0.1, -0.05) is 59.0 Å². The number of aryl methyl sites for hydroxylation is 1. The van der Waals surface area contributed by atoms with E-state index < -0.39 is 28.9 Å². The average Bonchev–Trinajstić information content (AvgIpc) is 3.40. The fourth-order valence-corrected chi connectivity index (χ4v) is 8.07. The first-order valence-electron chi connectivity index (χ1n) is 12.8. The van der Waals surface area contributed by atoms with Gasteiger partial charge in [0.25, 0.3) is 0 Å². The van der Waals surface area contributed by atoms with Gasteiger partial charge in [-0.05, 0) is 49.4 Å². The van der Waals surface area contributed by atoms with Gasteiger partial charge in [-0.2, -0.15) is 0 Å². The summed E-state index contributed by atoms with van der Waals surface area (Å²) in [6.07, 6.45) is 0. The normalized spacial score (nSPS) is 19.6. The number of para-hydroxylation sites is 1. The van der Waals surface area contributed by atoms with Crippen LogP contribution in [-0.2, 0) is 20.9 Å². The maximum absolute atomic E-state index is 13.9. The lowest BCUT2D eigenvalue weighted by atomic mass is 9.82. The van der Waals surface area contributed by atoms with E-state index in [4.69, 9.17) is 4.74 Å². The van der Waals surface area contributed by atoms with E-state index in [-0.39, 0.29) is 23.1 Å². The van der Waals surface area contributed by atoms with Gasteiger partial charge in [-0.15, -0.1) is 0 Å². The number of nitrogens with zero attached hydrogens (tertiary/aromatic N) is 2. The lowest BCUT2D eigenvalue weighted by molar-refractivity contribution is -0.122. The van der Waals surface area contributed by atoms with Crippen LogP contribution >= 0.6 is 23.1 Å². The molecule has 0 radical (unpaired) electrons. The van der Waals surface area contributed by atoms with E-state index in [1.807, 2.05) is 19.1 Å². The summed E-state index contributed by atoms with van der Waals surface area (Å²) in [7, 11) is 1.55. The summed E-state index contributed by atoms with van der Waals surface area (Å²) < 4.78 is 6.50. The first kappa shape index (κ1) is 26.9. The summed E-state index contributed by atoms with van der Waals surface area (Å²) in [5, 5.41) is 13.2. The van der Waals surface area contributed by atoms with Gasteiger partial charge in [0.2, 0.25) is 17.7 Å². The van der Waals surface area contributed by atoms with Gasteiger partial charge in [0.1, 0.15) is 23.3 Å². The molecule has 0 spiro atoms. The third-order valence-electron chi connectivity index (χ3n) is 7.29. The Morgan fingerprint density at radius 1 is 0.976 bits per heavy atom. The van der Waals surface area contributed by atoms with Crippen LogP contribution < -0.4 is 19.8 Å². The van der Waals surface area contributed by atoms with E-state index in [1.54, 1.807) is 61.7 Å². The number of carbonyl (C=O) groups excluding carboxylic acids is 3. The number of aromatic hydroxyl groups is 1. The number of hydrogen-bond acceptors (Lipinski definition) is 8. The molecule has 11 heteroatoms. The van der Waals surface area contributed by atoms with Gasteiger partial charge < -0.3 is 15.2 Å². The number of fused-ring (bicyclic) bond motifs is 2. The number of rotatable bonds is 6. The van der Waals surface area contributed by atoms with E-state index in [0.29, 0.717) is 32.6 Å². The van der Waals surface area contributed by atoms with Crippen molar-refractivity contribution in [2.75, 3.05) is 17.3 Å². The molecular weight excluding hydrogens is 562 g/mol. The summed E-state index contributed by atoms with van der Waals surface area (Å²) in [6, 6.07) is 20.6. The molecule has 9 nitrogen and oxygen atoms in total. The monoisotopic (exact) mass is 587 g/mol. The number of aromatic nitrogens is 1. The average molecular weight is 588 g/mol. The first-order chi connectivity index (χ1) is 19.8. The molecule has 1 aromatic heterocycles. The first-order valence-corrected chi connectivity index (χ1v) is 14.5. The van der Waals surface area contributed by atoms with Crippen LogP contribution in [0.3, 0.4) is 0 Å². The fourth-order valence-electron chi connectivity index (χ4n) is 5.31. The van der Waals surface area contributed by atoms with Gasteiger partial charge in [-0.25, -0.2) is 4.90 Å². The van der Waals surface area contributed by atoms with Crippen molar-refractivity contribution in [3.8, 4) is 11.5 Å². The number of phenols is 1. The van der Waals surface area contributed by atoms with Crippen LogP contribution in [0.4, 0.5) is 11.4 Å². The molecule has 1 fully saturated rings. The number of imide groups is 1. The highest BCUT2D eigenvalue weighted by molar-refractivity contribution is 8.00. The predicted octanol–water partition coefficient (Wildman–Crippen LogP) is 4.37. The SMILES string of the molecule is COc1ccc(NC(=O)Cn2c3c(sc2=O)[C@@H](c2ccccc2O)[C@H]2C(=O)N(c4ccc(C)cc4)C(=O)[C@H]2S3)cc1. The number of methoxy groups -OCH3 is 1. The molecule has 41 heavy (non-hydrogen) atoms. The van der Waals surface area contributed by atoms with Crippen LogP contribution in [0, 0.1) is 12.8 Å². The lowest BCUT2D eigenvalue weighted by Gasteiger charge is -2.31. The van der Waals surface area contributed by atoms with Crippen molar-refractivity contribution in [3.05, 3.63) is 98.5 Å². The smallest absolute Gasteiger partial charge is 0.308 e. The number of hydrogen-bond donors (Lipinski definition) is 2. The van der Waals surface area contributed by atoms with Crippen LogP contribution in [0.2, 0.25) is 0 Å². The van der Waals surface area contributed by atoms with Gasteiger partial charge >= 0.3 is 4.87 Å². The molecule has 0 unspecified atom stereocenters. The summed E-state index contributed by atoms with van der Waals surface area (Å²) in [6.45, 7) is 1.64. The number of benzene rings is 3. The molecule has 0 saturated carbocycles. The molecule has 4 aromatic rings. The molecule has 1 saturated heterocycles. The maximum atomic E-state index is 13.9. The highest BCUT2D eigenvalue weighted by Crippen LogP contribution is 2.55. The van der Waals surface area contributed by atoms with Crippen LogP contribution in [-0.4, -0.2) is 39.8 Å². The Morgan fingerprint density at radius 3 is 2.37 bits per heavy atom. The number of phenolic OH excluding ortho intramolecular Hbond substituents is 1. The third kappa shape index (κ3) is 4.70. The minimum absolute atomic E-state index is 0.0345. The molecule has 3 amide bonds. The van der Waals surface area contributed by atoms with Crippen molar-refractivity contribution in [2.24, 2.45) is 5.92 Å². The molecule has 6 rings (SSSR count). The number of carbonyl (C=O) groups is 3.